The highest BCUT2D eigenvalue weighted by atomic mass is 16.3. The van der Waals surface area contributed by atoms with Crippen LogP contribution in [0.25, 0.3) is 22.0 Å². The fraction of sp³-hybridized carbons (Fsp3) is 0.0870. The number of aromatic amines is 1. The Morgan fingerprint density at radius 3 is 2.43 bits per heavy atom. The molecular formula is C23H20N4O3. The van der Waals surface area contributed by atoms with E-state index in [1.54, 1.807) is 30.5 Å². The number of aromatic nitrogens is 2. The van der Waals surface area contributed by atoms with Crippen LogP contribution in [-0.2, 0) is 4.79 Å². The zero-order valence-electron chi connectivity index (χ0n) is 16.0. The number of rotatable bonds is 6. The number of benzene rings is 3. The predicted molar refractivity (Wildman–Crippen MR) is 115 cm³/mol. The van der Waals surface area contributed by atoms with Gasteiger partial charge in [0, 0.05) is 16.6 Å². The van der Waals surface area contributed by atoms with Crippen LogP contribution in [0.5, 0.6) is 0 Å². The van der Waals surface area contributed by atoms with Crippen LogP contribution in [0, 0.1) is 0 Å². The number of carbonyl (C=O) groups excluding carboxylic acids is 2. The highest BCUT2D eigenvalue weighted by molar-refractivity contribution is 6.02. The molecule has 1 aromatic heterocycles. The monoisotopic (exact) mass is 400 g/mol. The SMILES string of the molecule is O=C(NC(CO)C(=O)Nc1ccc2cn[nH]c2c1)c1ccc(-c2ccccc2)cc1. The first-order valence-electron chi connectivity index (χ1n) is 9.45. The Hall–Kier alpha value is -3.97. The van der Waals surface area contributed by atoms with Crippen molar-refractivity contribution in [2.45, 2.75) is 6.04 Å². The third kappa shape index (κ3) is 4.21. The molecule has 1 atom stereocenters. The molecular weight excluding hydrogens is 380 g/mol. The van der Waals surface area contributed by atoms with E-state index in [1.165, 1.54) is 0 Å². The van der Waals surface area contributed by atoms with E-state index >= 15 is 0 Å². The second-order valence-corrected chi connectivity index (χ2v) is 6.81. The van der Waals surface area contributed by atoms with Gasteiger partial charge in [0.15, 0.2) is 0 Å². The summed E-state index contributed by atoms with van der Waals surface area (Å²) in [5.74, 6) is -0.946. The number of fused-ring (bicyclic) bond motifs is 1. The summed E-state index contributed by atoms with van der Waals surface area (Å²) in [4.78, 5) is 25.1. The molecule has 0 aliphatic heterocycles. The number of hydrogen-bond donors (Lipinski definition) is 4. The van der Waals surface area contributed by atoms with Crippen molar-refractivity contribution in [2.75, 3.05) is 11.9 Å². The van der Waals surface area contributed by atoms with Gasteiger partial charge in [-0.2, -0.15) is 5.10 Å². The number of hydrogen-bond acceptors (Lipinski definition) is 4. The van der Waals surface area contributed by atoms with Crippen molar-refractivity contribution in [2.24, 2.45) is 0 Å². The smallest absolute Gasteiger partial charge is 0.251 e. The Kier molecular flexibility index (Phi) is 5.54. The number of anilines is 1. The summed E-state index contributed by atoms with van der Waals surface area (Å²) in [5.41, 5.74) is 3.75. The molecule has 3 aromatic carbocycles. The number of amides is 2. The van der Waals surface area contributed by atoms with Gasteiger partial charge in [0.05, 0.1) is 18.3 Å². The molecule has 0 aliphatic carbocycles. The molecule has 0 saturated heterocycles. The first-order valence-corrected chi connectivity index (χ1v) is 9.45. The molecule has 7 nitrogen and oxygen atoms in total. The van der Waals surface area contributed by atoms with Crippen LogP contribution >= 0.6 is 0 Å². The molecule has 30 heavy (non-hydrogen) atoms. The maximum Gasteiger partial charge on any atom is 0.251 e. The standard InChI is InChI=1S/C23H20N4O3/c28-14-21(23(30)25-19-11-10-18-13-24-27-20(18)12-19)26-22(29)17-8-6-16(7-9-17)15-4-2-1-3-5-15/h1-13,21,28H,14H2,(H,24,27)(H,25,30)(H,26,29). The number of aliphatic hydroxyl groups excluding tert-OH is 1. The molecule has 1 unspecified atom stereocenters. The van der Waals surface area contributed by atoms with E-state index in [1.807, 2.05) is 48.5 Å². The van der Waals surface area contributed by atoms with Gasteiger partial charge in [-0.15, -0.1) is 0 Å². The Balaban J connectivity index is 1.42. The lowest BCUT2D eigenvalue weighted by Crippen LogP contribution is -2.46. The van der Waals surface area contributed by atoms with E-state index in [4.69, 9.17) is 0 Å². The van der Waals surface area contributed by atoms with Crippen LogP contribution in [-0.4, -0.2) is 39.8 Å². The molecule has 150 valence electrons. The predicted octanol–water partition coefficient (Wildman–Crippen LogP) is 2.96. The summed E-state index contributed by atoms with van der Waals surface area (Å²) in [6.07, 6.45) is 1.68. The van der Waals surface area contributed by atoms with Gasteiger partial charge in [-0.3, -0.25) is 14.7 Å². The van der Waals surface area contributed by atoms with Crippen LogP contribution in [0.15, 0.2) is 79.0 Å². The fourth-order valence-corrected chi connectivity index (χ4v) is 3.12. The summed E-state index contributed by atoms with van der Waals surface area (Å²) < 4.78 is 0. The maximum atomic E-state index is 12.5. The van der Waals surface area contributed by atoms with Gasteiger partial charge in [-0.25, -0.2) is 0 Å². The van der Waals surface area contributed by atoms with Crippen LogP contribution in [0.2, 0.25) is 0 Å². The highest BCUT2D eigenvalue weighted by Gasteiger charge is 2.21. The van der Waals surface area contributed by atoms with Crippen LogP contribution in [0.1, 0.15) is 10.4 Å². The normalized spacial score (nSPS) is 11.8. The number of H-pyrrole nitrogens is 1. The van der Waals surface area contributed by atoms with Gasteiger partial charge < -0.3 is 15.7 Å². The van der Waals surface area contributed by atoms with Gasteiger partial charge in [-0.05, 0) is 41.5 Å². The number of nitrogens with zero attached hydrogens (tertiary/aromatic N) is 1. The average Bonchev–Trinajstić information content (AvgIpc) is 3.26. The third-order valence-electron chi connectivity index (χ3n) is 4.77. The molecule has 0 radical (unpaired) electrons. The molecule has 4 aromatic rings. The molecule has 1 heterocycles. The highest BCUT2D eigenvalue weighted by Crippen LogP contribution is 2.19. The second kappa shape index (κ2) is 8.59. The van der Waals surface area contributed by atoms with E-state index < -0.39 is 24.5 Å². The van der Waals surface area contributed by atoms with Crippen molar-refractivity contribution in [1.29, 1.82) is 0 Å². The molecule has 4 rings (SSSR count). The molecule has 0 bridgehead atoms. The van der Waals surface area contributed by atoms with Crippen molar-refractivity contribution < 1.29 is 14.7 Å². The van der Waals surface area contributed by atoms with Crippen LogP contribution < -0.4 is 10.6 Å². The molecule has 0 spiro atoms. The van der Waals surface area contributed by atoms with Gasteiger partial charge in [0.25, 0.3) is 5.91 Å². The van der Waals surface area contributed by atoms with Crippen LogP contribution in [0.4, 0.5) is 5.69 Å². The zero-order valence-corrected chi connectivity index (χ0v) is 16.0. The number of nitrogens with one attached hydrogen (secondary N) is 3. The lowest BCUT2D eigenvalue weighted by Gasteiger charge is -2.16. The first kappa shape index (κ1) is 19.4. The van der Waals surface area contributed by atoms with Gasteiger partial charge in [0.2, 0.25) is 5.91 Å². The molecule has 0 saturated carbocycles. The van der Waals surface area contributed by atoms with E-state index in [0.717, 1.165) is 22.0 Å². The van der Waals surface area contributed by atoms with Crippen molar-refractivity contribution in [1.82, 2.24) is 15.5 Å². The quantitative estimate of drug-likeness (QED) is 0.399. The first-order chi connectivity index (χ1) is 14.6. The summed E-state index contributed by atoms with van der Waals surface area (Å²) in [6.45, 7) is -0.522. The Bertz CT molecular complexity index is 1170. The van der Waals surface area contributed by atoms with Gasteiger partial charge >= 0.3 is 0 Å². The van der Waals surface area contributed by atoms with Gasteiger partial charge in [0.1, 0.15) is 6.04 Å². The van der Waals surface area contributed by atoms with Crippen molar-refractivity contribution in [3.63, 3.8) is 0 Å². The lowest BCUT2D eigenvalue weighted by molar-refractivity contribution is -0.118. The number of aliphatic hydroxyl groups is 1. The van der Waals surface area contributed by atoms with Gasteiger partial charge in [-0.1, -0.05) is 42.5 Å². The Morgan fingerprint density at radius 2 is 1.70 bits per heavy atom. The minimum absolute atomic E-state index is 0.403. The molecule has 4 N–H and O–H groups in total. The second-order valence-electron chi connectivity index (χ2n) is 6.81. The van der Waals surface area contributed by atoms with E-state index in [9.17, 15) is 14.7 Å². The van der Waals surface area contributed by atoms with Crippen LogP contribution in [0.3, 0.4) is 0 Å². The van der Waals surface area contributed by atoms with Crippen molar-refractivity contribution in [3.8, 4) is 11.1 Å². The summed E-state index contributed by atoms with van der Waals surface area (Å²) >= 11 is 0. The largest absolute Gasteiger partial charge is 0.394 e. The maximum absolute atomic E-state index is 12.5. The topological polar surface area (TPSA) is 107 Å². The Morgan fingerprint density at radius 1 is 0.967 bits per heavy atom. The van der Waals surface area contributed by atoms with E-state index in [-0.39, 0.29) is 0 Å². The molecule has 2 amide bonds. The van der Waals surface area contributed by atoms with E-state index in [2.05, 4.69) is 20.8 Å². The Labute approximate surface area is 172 Å². The zero-order chi connectivity index (χ0) is 20.9. The lowest BCUT2D eigenvalue weighted by atomic mass is 10.0. The summed E-state index contributed by atoms with van der Waals surface area (Å²) in [6, 6.07) is 21.1. The average molecular weight is 400 g/mol. The molecule has 0 aliphatic rings. The molecule has 0 fully saturated rings. The minimum atomic E-state index is -1.08. The van der Waals surface area contributed by atoms with E-state index in [0.29, 0.717) is 11.3 Å². The fourth-order valence-electron chi connectivity index (χ4n) is 3.12. The minimum Gasteiger partial charge on any atom is -0.394 e. The van der Waals surface area contributed by atoms with Crippen molar-refractivity contribution in [3.05, 3.63) is 84.6 Å². The number of carbonyl (C=O) groups is 2. The van der Waals surface area contributed by atoms with Crippen molar-refractivity contribution >= 4 is 28.4 Å². The summed E-state index contributed by atoms with van der Waals surface area (Å²) in [5, 5.41) is 22.6. The summed E-state index contributed by atoms with van der Waals surface area (Å²) in [7, 11) is 0. The third-order valence-corrected chi connectivity index (χ3v) is 4.77. The molecule has 7 heteroatoms.